The van der Waals surface area contributed by atoms with E-state index in [1.807, 2.05) is 6.07 Å². The molecule has 142 valence electrons. The smallest absolute Gasteiger partial charge is 0.356 e. The second-order valence-corrected chi connectivity index (χ2v) is 7.99. The van der Waals surface area contributed by atoms with E-state index in [9.17, 15) is 18.0 Å². The van der Waals surface area contributed by atoms with E-state index < -0.39 is 21.9 Å². The van der Waals surface area contributed by atoms with Gasteiger partial charge in [-0.3, -0.25) is 4.79 Å². The summed E-state index contributed by atoms with van der Waals surface area (Å²) in [7, 11) is -3.46. The van der Waals surface area contributed by atoms with Gasteiger partial charge < -0.3 is 10.0 Å². The number of carboxylic acids is 1. The second kappa shape index (κ2) is 7.80. The highest BCUT2D eigenvalue weighted by molar-refractivity contribution is 7.88. The number of rotatable bonds is 5. The summed E-state index contributed by atoms with van der Waals surface area (Å²) >= 11 is 0. The Bertz CT molecular complexity index is 924. The highest BCUT2D eigenvalue weighted by Crippen LogP contribution is 2.14. The molecule has 10 heteroatoms. The molecular formula is C17H18N4O5S. The molecule has 3 rings (SSSR count). The van der Waals surface area contributed by atoms with Crippen LogP contribution in [-0.4, -0.2) is 70.8 Å². The molecule has 1 aliphatic heterocycles. The van der Waals surface area contributed by atoms with Gasteiger partial charge in [-0.2, -0.15) is 4.31 Å². The highest BCUT2D eigenvalue weighted by Gasteiger charge is 2.29. The summed E-state index contributed by atoms with van der Waals surface area (Å²) in [6.45, 7) is 0.855. The highest BCUT2D eigenvalue weighted by atomic mass is 32.2. The largest absolute Gasteiger partial charge is 0.476 e. The number of benzene rings is 1. The van der Waals surface area contributed by atoms with Crippen LogP contribution in [0.15, 0.2) is 42.7 Å². The Balaban J connectivity index is 1.61. The van der Waals surface area contributed by atoms with Gasteiger partial charge in [0.05, 0.1) is 18.1 Å². The number of aromatic nitrogens is 2. The van der Waals surface area contributed by atoms with E-state index in [0.717, 1.165) is 12.4 Å². The summed E-state index contributed by atoms with van der Waals surface area (Å²) in [5, 5.41) is 8.81. The number of piperazine rings is 1. The van der Waals surface area contributed by atoms with Crippen LogP contribution in [-0.2, 0) is 15.8 Å². The maximum atomic E-state index is 12.5. The number of sulfonamides is 1. The predicted octanol–water partition coefficient (Wildman–Crippen LogP) is 0.463. The number of carbonyl (C=O) groups is 2. The van der Waals surface area contributed by atoms with E-state index in [1.54, 1.807) is 24.3 Å². The molecule has 2 aromatic rings. The van der Waals surface area contributed by atoms with Gasteiger partial charge in [-0.25, -0.2) is 23.2 Å². The van der Waals surface area contributed by atoms with E-state index >= 15 is 0 Å². The molecule has 1 N–H and O–H groups in total. The zero-order valence-electron chi connectivity index (χ0n) is 14.4. The van der Waals surface area contributed by atoms with Crippen LogP contribution in [0.2, 0.25) is 0 Å². The molecule has 0 atom stereocenters. The molecule has 1 amide bonds. The summed E-state index contributed by atoms with van der Waals surface area (Å²) in [5.74, 6) is -1.71. The first-order chi connectivity index (χ1) is 12.9. The van der Waals surface area contributed by atoms with Crippen molar-refractivity contribution >= 4 is 21.9 Å². The van der Waals surface area contributed by atoms with Crippen LogP contribution < -0.4 is 0 Å². The van der Waals surface area contributed by atoms with Crippen LogP contribution in [0.5, 0.6) is 0 Å². The van der Waals surface area contributed by atoms with Gasteiger partial charge in [-0.15, -0.1) is 0 Å². The van der Waals surface area contributed by atoms with E-state index in [2.05, 4.69) is 9.97 Å². The number of aromatic carboxylic acids is 1. The fourth-order valence-corrected chi connectivity index (χ4v) is 4.27. The van der Waals surface area contributed by atoms with Crippen LogP contribution in [0.25, 0.3) is 0 Å². The fourth-order valence-electron chi connectivity index (χ4n) is 2.76. The molecule has 9 nitrogen and oxygen atoms in total. The van der Waals surface area contributed by atoms with Gasteiger partial charge in [-0.1, -0.05) is 30.3 Å². The molecule has 1 aliphatic rings. The van der Waals surface area contributed by atoms with Gasteiger partial charge in [0.25, 0.3) is 5.91 Å². The van der Waals surface area contributed by atoms with E-state index in [0.29, 0.717) is 5.56 Å². The lowest BCUT2D eigenvalue weighted by molar-refractivity contribution is 0.0674. The zero-order chi connectivity index (χ0) is 19.4. The number of hydrogen-bond acceptors (Lipinski definition) is 6. The first kappa shape index (κ1) is 18.9. The Labute approximate surface area is 156 Å². The van der Waals surface area contributed by atoms with Crippen molar-refractivity contribution in [2.75, 3.05) is 26.2 Å². The third-order valence-corrected chi connectivity index (χ3v) is 6.05. The number of carbonyl (C=O) groups excluding carboxylic acids is 1. The van der Waals surface area contributed by atoms with E-state index in [-0.39, 0.29) is 43.3 Å². The monoisotopic (exact) mass is 390 g/mol. The molecule has 1 aromatic carbocycles. The fraction of sp³-hybridized carbons (Fsp3) is 0.294. The van der Waals surface area contributed by atoms with Crippen molar-refractivity contribution in [3.63, 3.8) is 0 Å². The predicted molar refractivity (Wildman–Crippen MR) is 95.5 cm³/mol. The Morgan fingerprint density at radius 2 is 1.56 bits per heavy atom. The molecule has 2 heterocycles. The van der Waals surface area contributed by atoms with Crippen molar-refractivity contribution in [1.29, 1.82) is 0 Å². The molecule has 0 unspecified atom stereocenters. The van der Waals surface area contributed by atoms with E-state index in [1.165, 1.54) is 9.21 Å². The van der Waals surface area contributed by atoms with Gasteiger partial charge in [0.2, 0.25) is 10.0 Å². The van der Waals surface area contributed by atoms with Crippen molar-refractivity contribution in [3.05, 3.63) is 59.7 Å². The Morgan fingerprint density at radius 1 is 0.963 bits per heavy atom. The number of hydrogen-bond donors (Lipinski definition) is 1. The first-order valence-electron chi connectivity index (χ1n) is 8.23. The Hall–Kier alpha value is -2.85. The third kappa shape index (κ3) is 4.47. The summed E-state index contributed by atoms with van der Waals surface area (Å²) in [6.07, 6.45) is 2.14. The lowest BCUT2D eigenvalue weighted by atomic mass is 10.2. The number of nitrogens with zero attached hydrogens (tertiary/aromatic N) is 4. The SMILES string of the molecule is O=C(O)c1cnc(C(=O)N2CCN(S(=O)(=O)Cc3ccccc3)CC2)cn1. The molecule has 27 heavy (non-hydrogen) atoms. The molecule has 1 saturated heterocycles. The summed E-state index contributed by atoms with van der Waals surface area (Å²) in [5.41, 5.74) is 0.494. The average Bonchev–Trinajstić information content (AvgIpc) is 2.68. The Morgan fingerprint density at radius 3 is 2.11 bits per heavy atom. The minimum absolute atomic E-state index is 0.0283. The number of amides is 1. The molecule has 0 saturated carbocycles. The van der Waals surface area contributed by atoms with Crippen LogP contribution >= 0.6 is 0 Å². The lowest BCUT2D eigenvalue weighted by Gasteiger charge is -2.33. The van der Waals surface area contributed by atoms with Gasteiger partial charge in [-0.05, 0) is 5.56 Å². The molecule has 1 aromatic heterocycles. The molecule has 0 aliphatic carbocycles. The lowest BCUT2D eigenvalue weighted by Crippen LogP contribution is -2.50. The van der Waals surface area contributed by atoms with Crippen LogP contribution in [0.3, 0.4) is 0 Å². The normalized spacial score (nSPS) is 15.5. The van der Waals surface area contributed by atoms with Crippen LogP contribution in [0.1, 0.15) is 26.5 Å². The minimum atomic E-state index is -3.46. The summed E-state index contributed by atoms with van der Waals surface area (Å²) in [4.78, 5) is 32.2. The van der Waals surface area contributed by atoms with Crippen molar-refractivity contribution in [1.82, 2.24) is 19.2 Å². The maximum Gasteiger partial charge on any atom is 0.356 e. The molecule has 0 radical (unpaired) electrons. The quantitative estimate of drug-likeness (QED) is 0.787. The molecule has 0 bridgehead atoms. The van der Waals surface area contributed by atoms with Crippen molar-refractivity contribution in [2.24, 2.45) is 0 Å². The molecule has 0 spiro atoms. The topological polar surface area (TPSA) is 121 Å². The van der Waals surface area contributed by atoms with Crippen molar-refractivity contribution in [2.45, 2.75) is 5.75 Å². The Kier molecular flexibility index (Phi) is 5.47. The summed E-state index contributed by atoms with van der Waals surface area (Å²) in [6, 6.07) is 8.93. The third-order valence-electron chi connectivity index (χ3n) is 4.20. The van der Waals surface area contributed by atoms with Crippen LogP contribution in [0, 0.1) is 0 Å². The maximum absolute atomic E-state index is 12.5. The summed E-state index contributed by atoms with van der Waals surface area (Å²) < 4.78 is 26.5. The van der Waals surface area contributed by atoms with Crippen LogP contribution in [0.4, 0.5) is 0 Å². The minimum Gasteiger partial charge on any atom is -0.476 e. The van der Waals surface area contributed by atoms with Crippen molar-refractivity contribution < 1.29 is 23.1 Å². The van der Waals surface area contributed by atoms with Gasteiger partial charge in [0.1, 0.15) is 5.69 Å². The second-order valence-electron chi connectivity index (χ2n) is 6.03. The van der Waals surface area contributed by atoms with E-state index in [4.69, 9.17) is 5.11 Å². The van der Waals surface area contributed by atoms with Gasteiger partial charge >= 0.3 is 5.97 Å². The van der Waals surface area contributed by atoms with Crippen molar-refractivity contribution in [3.8, 4) is 0 Å². The molecule has 1 fully saturated rings. The first-order valence-corrected chi connectivity index (χ1v) is 9.84. The zero-order valence-corrected chi connectivity index (χ0v) is 15.2. The average molecular weight is 390 g/mol. The molecular weight excluding hydrogens is 372 g/mol. The standard InChI is InChI=1S/C17H18N4O5S/c22-16(14-10-19-15(11-18-14)17(23)24)20-6-8-21(9-7-20)27(25,26)12-13-4-2-1-3-5-13/h1-5,10-11H,6-9,12H2,(H,23,24). The number of carboxylic acid groups (broad SMARTS) is 1. The van der Waals surface area contributed by atoms with Gasteiger partial charge in [0.15, 0.2) is 5.69 Å². The van der Waals surface area contributed by atoms with Gasteiger partial charge in [0, 0.05) is 26.2 Å².